The van der Waals surface area contributed by atoms with E-state index in [4.69, 9.17) is 33.1 Å². The number of carbonyl (C=O) groups excluding carboxylic acids is 3. The van der Waals surface area contributed by atoms with E-state index in [0.717, 1.165) is 43.6 Å². The first-order valence-corrected chi connectivity index (χ1v) is 19.9. The second-order valence-electron chi connectivity index (χ2n) is 12.8. The van der Waals surface area contributed by atoms with Crippen LogP contribution in [0.3, 0.4) is 0 Å². The van der Waals surface area contributed by atoms with Crippen LogP contribution >= 0.6 is 23.5 Å². The van der Waals surface area contributed by atoms with Gasteiger partial charge in [0.1, 0.15) is 24.2 Å². The molecule has 13 nitrogen and oxygen atoms in total. The summed E-state index contributed by atoms with van der Waals surface area (Å²) in [7, 11) is 1.34. The Morgan fingerprint density at radius 2 is 1.27 bits per heavy atom. The topological polar surface area (TPSA) is 248 Å². The predicted octanol–water partition coefficient (Wildman–Crippen LogP) is 5.29. The summed E-state index contributed by atoms with van der Waals surface area (Å²) in [4.78, 5) is 52.9. The van der Waals surface area contributed by atoms with E-state index in [9.17, 15) is 24.0 Å². The average molecular weight is 779 g/mol. The van der Waals surface area contributed by atoms with Crippen LogP contribution in [0.15, 0.2) is 34.9 Å². The predicted molar refractivity (Wildman–Crippen MR) is 216 cm³/mol. The van der Waals surface area contributed by atoms with Gasteiger partial charge in [0.05, 0.1) is 7.11 Å². The average Bonchev–Trinajstić information content (AvgIpc) is 3.07. The number of esters is 3. The molecule has 52 heavy (non-hydrogen) atoms. The fourth-order valence-electron chi connectivity index (χ4n) is 3.29. The first-order valence-electron chi connectivity index (χ1n) is 17.4. The fraction of sp³-hybridized carbons (Fsp3) is 0.703. The number of aliphatic carboxylic acids is 2. The van der Waals surface area contributed by atoms with E-state index in [1.807, 2.05) is 34.0 Å². The summed E-state index contributed by atoms with van der Waals surface area (Å²) < 4.78 is 8.87. The van der Waals surface area contributed by atoms with Crippen molar-refractivity contribution in [3.05, 3.63) is 34.9 Å². The van der Waals surface area contributed by atoms with Crippen molar-refractivity contribution in [3.63, 3.8) is 0 Å². The maximum atomic E-state index is 11.4. The number of thioether (sulfide) groups is 2. The van der Waals surface area contributed by atoms with Gasteiger partial charge in [0.2, 0.25) is 0 Å². The zero-order valence-electron chi connectivity index (χ0n) is 33.4. The summed E-state index contributed by atoms with van der Waals surface area (Å²) in [5.74, 6) is -1.17. The molecule has 5 atom stereocenters. The number of carboxylic acids is 2. The molecule has 304 valence electrons. The number of ether oxygens (including phenoxy) is 2. The van der Waals surface area contributed by atoms with Crippen LogP contribution in [-0.2, 0) is 33.4 Å². The maximum Gasteiger partial charge on any atom is 0.331 e. The molecule has 15 heteroatoms. The maximum absolute atomic E-state index is 11.4. The Hall–Kier alpha value is -2.69. The number of hydrogen-bond donors (Lipinski definition) is 6. The minimum absolute atomic E-state index is 0.0718. The minimum Gasteiger partial charge on any atom is -0.480 e. The van der Waals surface area contributed by atoms with Gasteiger partial charge >= 0.3 is 29.8 Å². The Morgan fingerprint density at radius 1 is 0.750 bits per heavy atom. The minimum atomic E-state index is -0.913. The standard InChI is InChI=1S/C20H33NO3S.2C6H13NO2.C5H11NO2S/c1-15(2)8-6-9-16(3)10-7-11-17(4)12-13-25-14-19(21)20(23)24-18(5)22;1-4(2)5(7)6(8)9-3;1-3-4(2)5(7)6(8)9;1-9-3-2-4(6)5(7)8/h8,10,12,19H,6-7,9,11,13-14,21H2,1-5H3;4-5H,7H2,1-3H3;4-5H,3,7H2,1-2H3,(H,8,9);4H,2-3,6H2,1H3,(H,7,8)/b16-10+,17-12+;;;/t19-;5-;4-,5-;4-/m0001/s1. The number of rotatable bonds is 20. The van der Waals surface area contributed by atoms with Gasteiger partial charge in [-0.05, 0) is 83.6 Å². The molecule has 0 aromatic rings. The summed E-state index contributed by atoms with van der Waals surface area (Å²) in [5, 5.41) is 16.6. The highest BCUT2D eigenvalue weighted by molar-refractivity contribution is 7.99. The Balaban J connectivity index is -0.000000347. The van der Waals surface area contributed by atoms with Crippen molar-refractivity contribution in [1.82, 2.24) is 0 Å². The molecular weight excluding hydrogens is 709 g/mol. The molecule has 0 rings (SSSR count). The lowest BCUT2D eigenvalue weighted by molar-refractivity contribution is -0.158. The van der Waals surface area contributed by atoms with Crippen LogP contribution in [0.2, 0.25) is 0 Å². The van der Waals surface area contributed by atoms with E-state index in [2.05, 4.69) is 55.4 Å². The van der Waals surface area contributed by atoms with Crippen molar-refractivity contribution in [2.45, 2.75) is 125 Å². The van der Waals surface area contributed by atoms with Crippen LogP contribution in [0.25, 0.3) is 0 Å². The highest BCUT2D eigenvalue weighted by Gasteiger charge is 2.18. The molecule has 0 saturated carbocycles. The van der Waals surface area contributed by atoms with Crippen LogP contribution in [0, 0.1) is 11.8 Å². The highest BCUT2D eigenvalue weighted by atomic mass is 32.2. The summed E-state index contributed by atoms with van der Waals surface area (Å²) in [6, 6.07) is -2.61. The molecule has 0 aliphatic heterocycles. The lowest BCUT2D eigenvalue weighted by Crippen LogP contribution is -2.36. The molecule has 0 fully saturated rings. The largest absolute Gasteiger partial charge is 0.480 e. The van der Waals surface area contributed by atoms with Crippen molar-refractivity contribution in [1.29, 1.82) is 0 Å². The second kappa shape index (κ2) is 35.3. The molecule has 0 saturated heterocycles. The Labute approximate surface area is 321 Å². The third-order valence-corrected chi connectivity index (χ3v) is 8.84. The van der Waals surface area contributed by atoms with Gasteiger partial charge < -0.3 is 42.6 Å². The summed E-state index contributed by atoms with van der Waals surface area (Å²) in [5.41, 5.74) is 25.7. The molecule has 0 radical (unpaired) electrons. The van der Waals surface area contributed by atoms with Crippen molar-refractivity contribution in [2.24, 2.45) is 34.8 Å². The number of carbonyl (C=O) groups is 5. The van der Waals surface area contributed by atoms with Crippen LogP contribution in [0.4, 0.5) is 0 Å². The zero-order chi connectivity index (χ0) is 41.4. The highest BCUT2D eigenvalue weighted by Crippen LogP contribution is 2.13. The number of allylic oxidation sites excluding steroid dienone is 5. The van der Waals surface area contributed by atoms with E-state index < -0.39 is 48.0 Å². The van der Waals surface area contributed by atoms with Gasteiger partial charge in [-0.25, -0.2) is 4.79 Å². The van der Waals surface area contributed by atoms with Crippen molar-refractivity contribution in [3.8, 4) is 0 Å². The molecule has 0 spiro atoms. The van der Waals surface area contributed by atoms with E-state index in [1.165, 1.54) is 30.8 Å². The zero-order valence-corrected chi connectivity index (χ0v) is 35.1. The van der Waals surface area contributed by atoms with Gasteiger partial charge in [-0.2, -0.15) is 23.5 Å². The Kier molecular flexibility index (Phi) is 38.1. The Morgan fingerprint density at radius 3 is 1.63 bits per heavy atom. The third kappa shape index (κ3) is 37.1. The SMILES string of the molecule is CC(=O)OC(=O)[C@@H](N)CSC/C=C(\C)CC/C=C(\C)CCC=C(C)C.CC[C@H](C)[C@H](N)C(=O)O.COC(=O)[C@@H](N)C(C)C.CSCC[C@@H](N)C(=O)O. The summed E-state index contributed by atoms with van der Waals surface area (Å²) >= 11 is 3.17. The molecule has 0 amide bonds. The number of nitrogens with two attached hydrogens (primary N) is 4. The van der Waals surface area contributed by atoms with Crippen molar-refractivity contribution >= 4 is 53.4 Å². The monoisotopic (exact) mass is 778 g/mol. The number of hydrogen-bond acceptors (Lipinski definition) is 13. The summed E-state index contributed by atoms with van der Waals surface area (Å²) in [6.07, 6.45) is 14.4. The molecule has 0 aromatic heterocycles. The molecular formula is C37H70N4O9S2. The molecule has 0 bridgehead atoms. The normalized spacial score (nSPS) is 13.9. The number of carboxylic acid groups (broad SMARTS) is 2. The van der Waals surface area contributed by atoms with Crippen LogP contribution in [0.1, 0.15) is 101 Å². The summed E-state index contributed by atoms with van der Waals surface area (Å²) in [6.45, 7) is 17.3. The van der Waals surface area contributed by atoms with Crippen molar-refractivity contribution < 1.29 is 43.7 Å². The van der Waals surface area contributed by atoms with E-state index in [1.54, 1.807) is 23.5 Å². The number of methoxy groups -OCH3 is 1. The van der Waals surface area contributed by atoms with Gasteiger partial charge in [-0.3, -0.25) is 19.2 Å². The molecule has 0 unspecified atom stereocenters. The second-order valence-corrected chi connectivity index (χ2v) is 14.8. The molecule has 0 aliphatic carbocycles. The lowest BCUT2D eigenvalue weighted by Gasteiger charge is -2.11. The van der Waals surface area contributed by atoms with Gasteiger partial charge in [-0.1, -0.05) is 69.1 Å². The molecule has 0 aliphatic rings. The van der Waals surface area contributed by atoms with Gasteiger partial charge in [0.15, 0.2) is 0 Å². The van der Waals surface area contributed by atoms with Crippen LogP contribution in [0.5, 0.6) is 0 Å². The van der Waals surface area contributed by atoms with E-state index >= 15 is 0 Å². The fourth-order valence-corrected chi connectivity index (χ4v) is 4.71. The van der Waals surface area contributed by atoms with E-state index in [0.29, 0.717) is 12.2 Å². The van der Waals surface area contributed by atoms with Crippen LogP contribution < -0.4 is 22.9 Å². The third-order valence-electron chi connectivity index (χ3n) is 7.20. The molecule has 0 aromatic carbocycles. The Bertz CT molecular complexity index is 1110. The van der Waals surface area contributed by atoms with E-state index in [-0.39, 0.29) is 17.8 Å². The van der Waals surface area contributed by atoms with Gasteiger partial charge in [-0.15, -0.1) is 0 Å². The smallest absolute Gasteiger partial charge is 0.331 e. The van der Waals surface area contributed by atoms with Gasteiger partial charge in [0.25, 0.3) is 0 Å². The molecule has 10 N–H and O–H groups in total. The first-order chi connectivity index (χ1) is 24.1. The lowest BCUT2D eigenvalue weighted by atomic mass is 10.0. The van der Waals surface area contributed by atoms with Crippen molar-refractivity contribution in [2.75, 3.05) is 30.6 Å². The molecule has 0 heterocycles. The van der Waals surface area contributed by atoms with Crippen LogP contribution in [-0.4, -0.2) is 94.9 Å². The first kappa shape index (κ1) is 56.1. The van der Waals surface area contributed by atoms with Gasteiger partial charge in [0, 0.05) is 18.4 Å². The quantitative estimate of drug-likeness (QED) is 0.0397.